The Morgan fingerprint density at radius 2 is 1.82 bits per heavy atom. The molecule has 0 aromatic heterocycles. The number of aliphatic imine (C=N–C) groups is 2. The third-order valence-corrected chi connectivity index (χ3v) is 4.13. The number of aliphatic hydroxyl groups is 2. The van der Waals surface area contributed by atoms with Crippen LogP contribution in [0.15, 0.2) is 9.98 Å². The van der Waals surface area contributed by atoms with Gasteiger partial charge in [-0.05, 0) is 31.1 Å². The van der Waals surface area contributed by atoms with E-state index in [1.807, 2.05) is 0 Å². The molecule has 92 valence electrons. The first kappa shape index (κ1) is 12.1. The lowest BCUT2D eigenvalue weighted by Crippen LogP contribution is -2.53. The number of hydrogen-bond acceptors (Lipinski definition) is 6. The van der Waals surface area contributed by atoms with E-state index in [2.05, 4.69) is 9.98 Å². The van der Waals surface area contributed by atoms with Gasteiger partial charge < -0.3 is 10.2 Å². The van der Waals surface area contributed by atoms with Gasteiger partial charge in [-0.3, -0.25) is 0 Å². The Morgan fingerprint density at radius 3 is 2.35 bits per heavy atom. The molecule has 4 unspecified atom stereocenters. The van der Waals surface area contributed by atoms with Crippen LogP contribution in [-0.4, -0.2) is 46.7 Å². The van der Waals surface area contributed by atoms with Gasteiger partial charge in [0.25, 0.3) is 0 Å². The molecule has 6 nitrogen and oxygen atoms in total. The quantitative estimate of drug-likeness (QED) is 0.511. The smallest absolute Gasteiger partial charge is 0.235 e. The Labute approximate surface area is 98.1 Å². The molecule has 2 fully saturated rings. The average molecular weight is 238 g/mol. The van der Waals surface area contributed by atoms with Gasteiger partial charge in [0.1, 0.15) is 5.60 Å². The minimum atomic E-state index is -1.34. The standard InChI is InChI=1S/C11H14N2O4/c14-6-12-4-9-3-10(16)1-8(9)2-11(10,17)5-13-7-15/h8-9,16-17H,1-5H2. The lowest BCUT2D eigenvalue weighted by molar-refractivity contribution is -0.136. The number of isocyanates is 2. The van der Waals surface area contributed by atoms with Gasteiger partial charge in [0.05, 0.1) is 18.7 Å². The van der Waals surface area contributed by atoms with Crippen molar-refractivity contribution in [3.8, 4) is 0 Å². The van der Waals surface area contributed by atoms with Crippen LogP contribution >= 0.6 is 0 Å². The first-order valence-corrected chi connectivity index (χ1v) is 5.57. The van der Waals surface area contributed by atoms with Gasteiger partial charge >= 0.3 is 0 Å². The Bertz CT molecular complexity index is 414. The van der Waals surface area contributed by atoms with Crippen LogP contribution < -0.4 is 0 Å². The maximum absolute atomic E-state index is 10.4. The van der Waals surface area contributed by atoms with Gasteiger partial charge in [-0.1, -0.05) is 0 Å². The van der Waals surface area contributed by atoms with Crippen molar-refractivity contribution in [1.82, 2.24) is 0 Å². The van der Waals surface area contributed by atoms with Crippen LogP contribution in [0.3, 0.4) is 0 Å². The lowest BCUT2D eigenvalue weighted by Gasteiger charge is -2.39. The van der Waals surface area contributed by atoms with E-state index in [0.29, 0.717) is 25.8 Å². The molecule has 2 N–H and O–H groups in total. The third kappa shape index (κ3) is 1.85. The number of rotatable bonds is 4. The zero-order chi connectivity index (χ0) is 12.5. The van der Waals surface area contributed by atoms with E-state index in [1.54, 1.807) is 0 Å². The lowest BCUT2D eigenvalue weighted by atomic mass is 9.76. The Morgan fingerprint density at radius 1 is 1.12 bits per heavy atom. The highest BCUT2D eigenvalue weighted by atomic mass is 16.4. The van der Waals surface area contributed by atoms with E-state index in [9.17, 15) is 19.8 Å². The molecule has 6 heteroatoms. The number of carbonyl (C=O) groups excluding carboxylic acids is 2. The number of fused-ring (bicyclic) bond motifs is 2. The van der Waals surface area contributed by atoms with Crippen molar-refractivity contribution in [1.29, 1.82) is 0 Å². The zero-order valence-electron chi connectivity index (χ0n) is 9.30. The predicted molar refractivity (Wildman–Crippen MR) is 56.7 cm³/mol. The van der Waals surface area contributed by atoms with Crippen LogP contribution in [0.4, 0.5) is 0 Å². The summed E-state index contributed by atoms with van der Waals surface area (Å²) in [5.41, 5.74) is -2.56. The fourth-order valence-corrected chi connectivity index (χ4v) is 3.27. The van der Waals surface area contributed by atoms with Crippen LogP contribution in [0.1, 0.15) is 19.3 Å². The van der Waals surface area contributed by atoms with Crippen molar-refractivity contribution in [2.45, 2.75) is 30.5 Å². The van der Waals surface area contributed by atoms with E-state index in [4.69, 9.17) is 0 Å². The van der Waals surface area contributed by atoms with Crippen LogP contribution in [0.25, 0.3) is 0 Å². The molecule has 2 rings (SSSR count). The molecular weight excluding hydrogens is 224 g/mol. The molecule has 0 aromatic rings. The van der Waals surface area contributed by atoms with Gasteiger partial charge in [-0.2, -0.15) is 0 Å². The summed E-state index contributed by atoms with van der Waals surface area (Å²) in [5, 5.41) is 20.7. The first-order valence-electron chi connectivity index (χ1n) is 5.57. The second kappa shape index (κ2) is 4.17. The van der Waals surface area contributed by atoms with Gasteiger partial charge in [-0.15, -0.1) is 0 Å². The van der Waals surface area contributed by atoms with Crippen LogP contribution in [-0.2, 0) is 9.59 Å². The van der Waals surface area contributed by atoms with Crippen LogP contribution in [0.5, 0.6) is 0 Å². The summed E-state index contributed by atoms with van der Waals surface area (Å²) in [5.74, 6) is 0.214. The number of hydrogen-bond donors (Lipinski definition) is 2. The van der Waals surface area contributed by atoms with Gasteiger partial charge in [0.15, 0.2) is 0 Å². The fourth-order valence-electron chi connectivity index (χ4n) is 3.27. The summed E-state index contributed by atoms with van der Waals surface area (Å²) < 4.78 is 0. The van der Waals surface area contributed by atoms with Crippen molar-refractivity contribution < 1.29 is 19.8 Å². The third-order valence-electron chi connectivity index (χ3n) is 4.13. The normalized spacial score (nSPS) is 42.9. The molecule has 0 heterocycles. The predicted octanol–water partition coefficient (Wildman–Crippen LogP) is -0.450. The van der Waals surface area contributed by atoms with Gasteiger partial charge in [0, 0.05) is 0 Å². The molecule has 0 aliphatic heterocycles. The second-order valence-electron chi connectivity index (χ2n) is 5.04. The van der Waals surface area contributed by atoms with E-state index in [1.165, 1.54) is 12.2 Å². The molecule has 0 amide bonds. The zero-order valence-corrected chi connectivity index (χ0v) is 9.30. The topological polar surface area (TPSA) is 99.3 Å². The summed E-state index contributed by atoms with van der Waals surface area (Å²) in [4.78, 5) is 27.0. The van der Waals surface area contributed by atoms with Gasteiger partial charge in [0.2, 0.25) is 12.2 Å². The highest BCUT2D eigenvalue weighted by molar-refractivity contribution is 5.34. The molecule has 2 saturated carbocycles. The largest absolute Gasteiger partial charge is 0.387 e. The van der Waals surface area contributed by atoms with Crippen molar-refractivity contribution in [3.63, 3.8) is 0 Å². The molecule has 2 bridgehead atoms. The molecule has 0 aromatic carbocycles. The molecule has 0 spiro atoms. The Kier molecular flexibility index (Phi) is 2.98. The Hall–Kier alpha value is -1.32. The fraction of sp³-hybridized carbons (Fsp3) is 0.818. The minimum absolute atomic E-state index is 0.0990. The molecule has 17 heavy (non-hydrogen) atoms. The molecule has 2 aliphatic rings. The average Bonchev–Trinajstić information content (AvgIpc) is 2.73. The monoisotopic (exact) mass is 238 g/mol. The molecule has 0 radical (unpaired) electrons. The summed E-state index contributed by atoms with van der Waals surface area (Å²) in [7, 11) is 0. The summed E-state index contributed by atoms with van der Waals surface area (Å²) in [6, 6.07) is 0. The minimum Gasteiger partial charge on any atom is -0.387 e. The van der Waals surface area contributed by atoms with Crippen LogP contribution in [0, 0.1) is 11.8 Å². The molecule has 4 atom stereocenters. The summed E-state index contributed by atoms with van der Waals surface area (Å²) in [6.45, 7) is 0.219. The van der Waals surface area contributed by atoms with E-state index in [-0.39, 0.29) is 18.4 Å². The highest BCUT2D eigenvalue weighted by Gasteiger charge is 2.63. The molecular formula is C11H14N2O4. The van der Waals surface area contributed by atoms with Crippen molar-refractivity contribution in [3.05, 3.63) is 0 Å². The van der Waals surface area contributed by atoms with Crippen LogP contribution in [0.2, 0.25) is 0 Å². The highest BCUT2D eigenvalue weighted by Crippen LogP contribution is 2.56. The maximum Gasteiger partial charge on any atom is 0.235 e. The first-order chi connectivity index (χ1) is 8.04. The van der Waals surface area contributed by atoms with Crippen molar-refractivity contribution >= 4 is 12.2 Å². The molecule has 2 aliphatic carbocycles. The SMILES string of the molecule is O=C=NCC1CC2(O)CC1CC2(O)CN=C=O. The van der Waals surface area contributed by atoms with E-state index in [0.717, 1.165) is 0 Å². The Balaban J connectivity index is 2.11. The van der Waals surface area contributed by atoms with E-state index < -0.39 is 11.2 Å². The summed E-state index contributed by atoms with van der Waals surface area (Å²) in [6.07, 6.45) is 4.09. The second-order valence-corrected chi connectivity index (χ2v) is 5.04. The van der Waals surface area contributed by atoms with Crippen molar-refractivity contribution in [2.75, 3.05) is 13.1 Å². The summed E-state index contributed by atoms with van der Waals surface area (Å²) >= 11 is 0. The molecule has 0 saturated heterocycles. The maximum atomic E-state index is 10.4. The van der Waals surface area contributed by atoms with Crippen molar-refractivity contribution in [2.24, 2.45) is 21.8 Å². The van der Waals surface area contributed by atoms with Gasteiger partial charge in [-0.25, -0.2) is 19.6 Å². The van der Waals surface area contributed by atoms with E-state index >= 15 is 0 Å². The number of nitrogens with zero attached hydrogens (tertiary/aromatic N) is 2.